The van der Waals surface area contributed by atoms with E-state index in [1.54, 1.807) is 0 Å². The fraction of sp³-hybridized carbons (Fsp3) is 0.667. The molecule has 1 aromatic heterocycles. The van der Waals surface area contributed by atoms with Crippen LogP contribution in [0, 0.1) is 6.42 Å². The molecule has 12 heavy (non-hydrogen) atoms. The summed E-state index contributed by atoms with van der Waals surface area (Å²) in [5.41, 5.74) is 1.06. The molecule has 3 heteroatoms. The molecule has 0 fully saturated rings. The summed E-state index contributed by atoms with van der Waals surface area (Å²) in [7, 11) is 0. The maximum atomic E-state index is 4.08. The van der Waals surface area contributed by atoms with Crippen molar-refractivity contribution in [2.75, 3.05) is 0 Å². The van der Waals surface area contributed by atoms with E-state index in [1.165, 1.54) is 0 Å². The molecular weight excluding hydrogens is 150 g/mol. The summed E-state index contributed by atoms with van der Waals surface area (Å²) in [6, 6.07) is 0.338. The molecule has 1 heterocycles. The summed E-state index contributed by atoms with van der Waals surface area (Å²) in [5, 5.41) is 8.12. The number of hydrogen-bond donors (Lipinski definition) is 0. The Morgan fingerprint density at radius 2 is 2.08 bits per heavy atom. The van der Waals surface area contributed by atoms with E-state index in [0.29, 0.717) is 12.0 Å². The molecule has 1 aromatic rings. The van der Waals surface area contributed by atoms with Crippen LogP contribution in [-0.4, -0.2) is 15.0 Å². The SMILES string of the molecule is C[CH-]C(C)n1cc(C(C)C)nn1. The second kappa shape index (κ2) is 3.70. The van der Waals surface area contributed by atoms with Gasteiger partial charge in [0, 0.05) is 6.20 Å². The number of hydrogen-bond acceptors (Lipinski definition) is 2. The molecule has 0 spiro atoms. The number of rotatable bonds is 3. The highest BCUT2D eigenvalue weighted by atomic mass is 15.4. The third kappa shape index (κ3) is 1.84. The quantitative estimate of drug-likeness (QED) is 0.644. The molecule has 0 amide bonds. The van der Waals surface area contributed by atoms with Crippen LogP contribution < -0.4 is 0 Å². The topological polar surface area (TPSA) is 30.7 Å². The minimum atomic E-state index is 0.338. The van der Waals surface area contributed by atoms with E-state index >= 15 is 0 Å². The van der Waals surface area contributed by atoms with Gasteiger partial charge in [0.25, 0.3) is 0 Å². The van der Waals surface area contributed by atoms with Crippen molar-refractivity contribution in [3.8, 4) is 0 Å². The van der Waals surface area contributed by atoms with E-state index in [2.05, 4.69) is 37.5 Å². The van der Waals surface area contributed by atoms with Gasteiger partial charge in [0.05, 0.1) is 5.69 Å². The third-order valence-corrected chi connectivity index (χ3v) is 2.02. The Hall–Kier alpha value is -0.860. The molecule has 0 N–H and O–H groups in total. The van der Waals surface area contributed by atoms with Gasteiger partial charge in [0.1, 0.15) is 0 Å². The maximum absolute atomic E-state index is 4.08. The Morgan fingerprint density at radius 3 is 2.50 bits per heavy atom. The summed E-state index contributed by atoms with van der Waals surface area (Å²) in [4.78, 5) is 0. The first-order valence-corrected chi connectivity index (χ1v) is 4.36. The summed E-state index contributed by atoms with van der Waals surface area (Å²) in [5.74, 6) is 0.461. The molecule has 1 rings (SSSR count). The average Bonchev–Trinajstić information content (AvgIpc) is 2.51. The largest absolute Gasteiger partial charge is 0.308 e. The Labute approximate surface area is 73.8 Å². The van der Waals surface area contributed by atoms with Gasteiger partial charge < -0.3 is 6.42 Å². The smallest absolute Gasteiger partial charge is 0.0851 e. The van der Waals surface area contributed by atoms with Crippen molar-refractivity contribution in [3.05, 3.63) is 18.3 Å². The lowest BCUT2D eigenvalue weighted by molar-refractivity contribution is 0.530. The van der Waals surface area contributed by atoms with E-state index in [0.717, 1.165) is 5.69 Å². The van der Waals surface area contributed by atoms with Crippen LogP contribution in [0.25, 0.3) is 0 Å². The summed E-state index contributed by atoms with van der Waals surface area (Å²) in [6.07, 6.45) is 4.11. The fourth-order valence-electron chi connectivity index (χ4n) is 0.907. The zero-order chi connectivity index (χ0) is 9.14. The minimum Gasteiger partial charge on any atom is -0.308 e. The lowest BCUT2D eigenvalue weighted by Gasteiger charge is -2.16. The zero-order valence-corrected chi connectivity index (χ0v) is 8.15. The van der Waals surface area contributed by atoms with Gasteiger partial charge in [-0.1, -0.05) is 32.0 Å². The molecule has 68 valence electrons. The predicted octanol–water partition coefficient (Wildman–Crippen LogP) is 2.19. The number of nitrogens with zero attached hydrogens (tertiary/aromatic N) is 3. The minimum absolute atomic E-state index is 0.338. The van der Waals surface area contributed by atoms with Crippen molar-refractivity contribution >= 4 is 0 Å². The standard InChI is InChI=1S/C9H16N3/c1-5-8(4)12-6-9(7(2)3)10-11-12/h5-8H,1-4H3/q-1. The monoisotopic (exact) mass is 166 g/mol. The molecular formula is C9H16N3-. The Morgan fingerprint density at radius 1 is 1.42 bits per heavy atom. The van der Waals surface area contributed by atoms with Crippen molar-refractivity contribution in [1.82, 2.24) is 15.0 Å². The molecule has 1 unspecified atom stereocenters. The summed E-state index contributed by atoms with van der Waals surface area (Å²) < 4.78 is 1.88. The number of aromatic nitrogens is 3. The normalized spacial score (nSPS) is 13.8. The van der Waals surface area contributed by atoms with Crippen LogP contribution in [0.1, 0.15) is 45.3 Å². The Balaban J connectivity index is 2.77. The van der Waals surface area contributed by atoms with Crippen molar-refractivity contribution < 1.29 is 0 Å². The summed E-state index contributed by atoms with van der Waals surface area (Å²) >= 11 is 0. The first-order chi connectivity index (χ1) is 5.65. The molecule has 0 aromatic carbocycles. The van der Waals surface area contributed by atoms with Crippen LogP contribution in [0.5, 0.6) is 0 Å². The third-order valence-electron chi connectivity index (χ3n) is 2.02. The van der Waals surface area contributed by atoms with Crippen LogP contribution >= 0.6 is 0 Å². The fourth-order valence-corrected chi connectivity index (χ4v) is 0.907. The first kappa shape index (κ1) is 9.23. The molecule has 3 nitrogen and oxygen atoms in total. The van der Waals surface area contributed by atoms with E-state index in [9.17, 15) is 0 Å². The maximum Gasteiger partial charge on any atom is 0.0851 e. The van der Waals surface area contributed by atoms with Crippen LogP contribution in [-0.2, 0) is 0 Å². The van der Waals surface area contributed by atoms with Gasteiger partial charge in [-0.15, -0.1) is 5.10 Å². The van der Waals surface area contributed by atoms with Crippen LogP contribution in [0.3, 0.4) is 0 Å². The Kier molecular flexibility index (Phi) is 2.84. The average molecular weight is 166 g/mol. The van der Waals surface area contributed by atoms with Gasteiger partial charge in [-0.05, 0) is 5.92 Å². The van der Waals surface area contributed by atoms with E-state index in [1.807, 2.05) is 17.8 Å². The van der Waals surface area contributed by atoms with Gasteiger partial charge in [0.15, 0.2) is 0 Å². The van der Waals surface area contributed by atoms with Gasteiger partial charge in [-0.3, -0.25) is 4.68 Å². The van der Waals surface area contributed by atoms with Gasteiger partial charge in [-0.2, -0.15) is 6.92 Å². The van der Waals surface area contributed by atoms with Crippen LogP contribution in [0.15, 0.2) is 6.20 Å². The van der Waals surface area contributed by atoms with E-state index in [-0.39, 0.29) is 0 Å². The zero-order valence-electron chi connectivity index (χ0n) is 8.15. The highest BCUT2D eigenvalue weighted by Gasteiger charge is 2.04. The lowest BCUT2D eigenvalue weighted by Crippen LogP contribution is -2.04. The lowest BCUT2D eigenvalue weighted by atomic mass is 10.1. The molecule has 0 aliphatic heterocycles. The van der Waals surface area contributed by atoms with Crippen LogP contribution in [0.4, 0.5) is 0 Å². The summed E-state index contributed by atoms with van der Waals surface area (Å²) in [6.45, 7) is 8.36. The van der Waals surface area contributed by atoms with Crippen molar-refractivity contribution in [3.63, 3.8) is 0 Å². The highest BCUT2D eigenvalue weighted by molar-refractivity contribution is 4.99. The predicted molar refractivity (Wildman–Crippen MR) is 48.8 cm³/mol. The molecule has 0 bridgehead atoms. The molecule has 0 aliphatic rings. The highest BCUT2D eigenvalue weighted by Crippen LogP contribution is 2.13. The van der Waals surface area contributed by atoms with Gasteiger partial charge in [-0.25, -0.2) is 0 Å². The van der Waals surface area contributed by atoms with Crippen molar-refractivity contribution in [1.29, 1.82) is 0 Å². The van der Waals surface area contributed by atoms with Gasteiger partial charge in [0.2, 0.25) is 0 Å². The Bertz CT molecular complexity index is 240. The molecule has 0 saturated carbocycles. The van der Waals surface area contributed by atoms with Crippen molar-refractivity contribution in [2.45, 2.75) is 39.7 Å². The van der Waals surface area contributed by atoms with Gasteiger partial charge >= 0.3 is 0 Å². The van der Waals surface area contributed by atoms with E-state index in [4.69, 9.17) is 0 Å². The molecule has 0 saturated heterocycles. The van der Waals surface area contributed by atoms with Crippen molar-refractivity contribution in [2.24, 2.45) is 0 Å². The molecule has 0 aliphatic carbocycles. The first-order valence-electron chi connectivity index (χ1n) is 4.36. The van der Waals surface area contributed by atoms with E-state index < -0.39 is 0 Å². The molecule has 0 radical (unpaired) electrons. The van der Waals surface area contributed by atoms with Crippen LogP contribution in [0.2, 0.25) is 0 Å². The molecule has 1 atom stereocenters. The second-order valence-electron chi connectivity index (χ2n) is 3.35. The second-order valence-corrected chi connectivity index (χ2v) is 3.35.